The van der Waals surface area contributed by atoms with Crippen molar-refractivity contribution in [2.24, 2.45) is 0 Å². The molecule has 2 heterocycles. The van der Waals surface area contributed by atoms with Crippen LogP contribution in [0.4, 0.5) is 5.69 Å². The van der Waals surface area contributed by atoms with Gasteiger partial charge in [-0.05, 0) is 37.3 Å². The highest BCUT2D eigenvalue weighted by atomic mass is 35.5. The van der Waals surface area contributed by atoms with Gasteiger partial charge in [0.05, 0.1) is 16.2 Å². The Morgan fingerprint density at radius 1 is 0.844 bits per heavy atom. The van der Waals surface area contributed by atoms with Crippen molar-refractivity contribution in [3.63, 3.8) is 0 Å². The first-order valence-corrected chi connectivity index (χ1v) is 12.0. The molecule has 4 nitrogen and oxygen atoms in total. The molecule has 0 unspecified atom stereocenters. The van der Waals surface area contributed by atoms with Crippen LogP contribution in [0.5, 0.6) is 0 Å². The topological polar surface area (TPSA) is 24.3 Å². The van der Waals surface area contributed by atoms with Gasteiger partial charge in [-0.2, -0.15) is 5.10 Å². The van der Waals surface area contributed by atoms with Gasteiger partial charge in [0.15, 0.2) is 0 Å². The van der Waals surface area contributed by atoms with E-state index in [0.717, 1.165) is 49.7 Å². The van der Waals surface area contributed by atoms with Crippen molar-refractivity contribution in [3.05, 3.63) is 79.0 Å². The SMILES string of the molecule is Cc1c(/C=C/CN2CCN(c3cc(Cl)cc(Cl)c3)CC2)cnn1-c1c(Cl)cc(Cl)cc1Cl. The zero-order valence-electron chi connectivity index (χ0n) is 17.3. The van der Waals surface area contributed by atoms with Crippen molar-refractivity contribution in [1.82, 2.24) is 14.7 Å². The molecular formula is C23H21Cl5N4. The van der Waals surface area contributed by atoms with Crippen LogP contribution in [-0.4, -0.2) is 47.4 Å². The third-order valence-corrected chi connectivity index (χ3v) is 6.72. The quantitative estimate of drug-likeness (QED) is 0.346. The number of anilines is 1. The molecule has 1 aromatic heterocycles. The molecular weight excluding hydrogens is 510 g/mol. The maximum absolute atomic E-state index is 6.36. The van der Waals surface area contributed by atoms with Crippen molar-refractivity contribution in [1.29, 1.82) is 0 Å². The average molecular weight is 531 g/mol. The number of hydrogen-bond acceptors (Lipinski definition) is 3. The van der Waals surface area contributed by atoms with E-state index in [1.807, 2.05) is 25.3 Å². The summed E-state index contributed by atoms with van der Waals surface area (Å²) in [6, 6.07) is 9.01. The molecule has 4 rings (SSSR count). The van der Waals surface area contributed by atoms with Crippen molar-refractivity contribution in [2.75, 3.05) is 37.6 Å². The molecule has 1 fully saturated rings. The van der Waals surface area contributed by atoms with Gasteiger partial charge in [0.25, 0.3) is 0 Å². The van der Waals surface area contributed by atoms with Crippen LogP contribution in [0.25, 0.3) is 11.8 Å². The van der Waals surface area contributed by atoms with E-state index < -0.39 is 0 Å². The first-order chi connectivity index (χ1) is 15.3. The van der Waals surface area contributed by atoms with E-state index in [2.05, 4.69) is 27.1 Å². The summed E-state index contributed by atoms with van der Waals surface area (Å²) in [5, 5.41) is 7.21. The van der Waals surface area contributed by atoms with Gasteiger partial charge in [-0.3, -0.25) is 4.90 Å². The molecule has 9 heteroatoms. The smallest absolute Gasteiger partial charge is 0.102 e. The molecule has 0 N–H and O–H groups in total. The molecule has 0 aliphatic carbocycles. The van der Waals surface area contributed by atoms with Gasteiger partial charge in [0.1, 0.15) is 5.69 Å². The normalized spacial score (nSPS) is 15.1. The number of nitrogens with zero attached hydrogens (tertiary/aromatic N) is 4. The van der Waals surface area contributed by atoms with Gasteiger partial charge in [-0.25, -0.2) is 4.68 Å². The summed E-state index contributed by atoms with van der Waals surface area (Å²) in [5.74, 6) is 0. The second kappa shape index (κ2) is 10.3. The minimum absolute atomic E-state index is 0.461. The van der Waals surface area contributed by atoms with Crippen LogP contribution in [0.2, 0.25) is 25.1 Å². The number of rotatable bonds is 5. The lowest BCUT2D eigenvalue weighted by Gasteiger charge is -2.35. The number of piperazine rings is 1. The lowest BCUT2D eigenvalue weighted by molar-refractivity contribution is 0.284. The van der Waals surface area contributed by atoms with Crippen LogP contribution in [0.15, 0.2) is 42.6 Å². The molecule has 1 aliphatic heterocycles. The fourth-order valence-corrected chi connectivity index (χ4v) is 5.28. The average Bonchev–Trinajstić information content (AvgIpc) is 3.07. The summed E-state index contributed by atoms with van der Waals surface area (Å²) in [6.45, 7) is 6.62. The summed E-state index contributed by atoms with van der Waals surface area (Å²) in [6.07, 6.45) is 6.05. The fourth-order valence-electron chi connectivity index (χ4n) is 3.79. The standard InChI is InChI=1S/C23H21Cl5N4/c1-15-16(14-29-32(15)23-21(27)12-19(26)13-22(23)28)3-2-4-30-5-7-31(8-6-30)20-10-17(24)9-18(25)11-20/h2-3,9-14H,4-8H2,1H3/b3-2+. The van der Waals surface area contributed by atoms with Crippen molar-refractivity contribution < 1.29 is 0 Å². The third-order valence-electron chi connectivity index (χ3n) is 5.49. The molecule has 168 valence electrons. The van der Waals surface area contributed by atoms with Crippen LogP contribution >= 0.6 is 58.0 Å². The first-order valence-electron chi connectivity index (χ1n) is 10.1. The van der Waals surface area contributed by atoms with E-state index in [-0.39, 0.29) is 0 Å². The highest BCUT2D eigenvalue weighted by Crippen LogP contribution is 2.33. The Morgan fingerprint density at radius 3 is 2.06 bits per heavy atom. The number of halogens is 5. The Labute approximate surface area is 212 Å². The Kier molecular flexibility index (Phi) is 7.61. The van der Waals surface area contributed by atoms with Crippen LogP contribution in [0, 0.1) is 6.92 Å². The van der Waals surface area contributed by atoms with Gasteiger partial charge >= 0.3 is 0 Å². The summed E-state index contributed by atoms with van der Waals surface area (Å²) in [4.78, 5) is 4.72. The lowest BCUT2D eigenvalue weighted by atomic mass is 10.2. The summed E-state index contributed by atoms with van der Waals surface area (Å²) in [5.41, 5.74) is 3.67. The summed E-state index contributed by atoms with van der Waals surface area (Å²) < 4.78 is 1.75. The molecule has 0 amide bonds. The zero-order chi connectivity index (χ0) is 22.8. The summed E-state index contributed by atoms with van der Waals surface area (Å²) in [7, 11) is 0. The Bertz CT molecular complexity index is 1110. The minimum Gasteiger partial charge on any atom is -0.369 e. The van der Waals surface area contributed by atoms with Gasteiger partial charge < -0.3 is 4.90 Å². The second-order valence-corrected chi connectivity index (χ2v) is 9.76. The van der Waals surface area contributed by atoms with E-state index in [0.29, 0.717) is 30.8 Å². The molecule has 1 aliphatic rings. The Balaban J connectivity index is 1.38. The zero-order valence-corrected chi connectivity index (χ0v) is 21.1. The monoisotopic (exact) mass is 528 g/mol. The Hall–Kier alpha value is -1.40. The van der Waals surface area contributed by atoms with E-state index >= 15 is 0 Å². The Morgan fingerprint density at radius 2 is 1.44 bits per heavy atom. The van der Waals surface area contributed by atoms with Gasteiger partial charge in [-0.1, -0.05) is 70.2 Å². The van der Waals surface area contributed by atoms with Gasteiger partial charge in [-0.15, -0.1) is 0 Å². The number of hydrogen-bond donors (Lipinski definition) is 0. The minimum atomic E-state index is 0.461. The maximum Gasteiger partial charge on any atom is 0.102 e. The maximum atomic E-state index is 6.36. The van der Waals surface area contributed by atoms with Crippen molar-refractivity contribution in [2.45, 2.75) is 6.92 Å². The molecule has 1 saturated heterocycles. The van der Waals surface area contributed by atoms with E-state index in [4.69, 9.17) is 58.0 Å². The van der Waals surface area contributed by atoms with E-state index in [1.54, 1.807) is 22.9 Å². The van der Waals surface area contributed by atoms with Gasteiger partial charge in [0.2, 0.25) is 0 Å². The molecule has 0 bridgehead atoms. The van der Waals surface area contributed by atoms with Crippen LogP contribution in [0.3, 0.4) is 0 Å². The van der Waals surface area contributed by atoms with Crippen LogP contribution in [0.1, 0.15) is 11.3 Å². The molecule has 3 aromatic rings. The van der Waals surface area contributed by atoms with Crippen molar-refractivity contribution in [3.8, 4) is 5.69 Å². The molecule has 0 atom stereocenters. The summed E-state index contributed by atoms with van der Waals surface area (Å²) >= 11 is 31.0. The molecule has 2 aromatic carbocycles. The first kappa shape index (κ1) is 23.7. The van der Waals surface area contributed by atoms with Gasteiger partial charge in [0, 0.05) is 64.7 Å². The predicted molar refractivity (Wildman–Crippen MR) is 137 cm³/mol. The third kappa shape index (κ3) is 5.39. The van der Waals surface area contributed by atoms with E-state index in [1.165, 1.54) is 0 Å². The highest BCUT2D eigenvalue weighted by Gasteiger charge is 2.18. The highest BCUT2D eigenvalue weighted by molar-refractivity contribution is 6.40. The second-order valence-electron chi connectivity index (χ2n) is 7.63. The lowest BCUT2D eigenvalue weighted by Crippen LogP contribution is -2.46. The largest absolute Gasteiger partial charge is 0.369 e. The number of benzene rings is 2. The van der Waals surface area contributed by atoms with E-state index in [9.17, 15) is 0 Å². The molecule has 0 radical (unpaired) electrons. The molecule has 0 spiro atoms. The van der Waals surface area contributed by atoms with Crippen molar-refractivity contribution >= 4 is 69.8 Å². The van der Waals surface area contributed by atoms with Crippen LogP contribution in [-0.2, 0) is 0 Å². The number of aromatic nitrogens is 2. The fraction of sp³-hybridized carbons (Fsp3) is 0.261. The molecule has 32 heavy (non-hydrogen) atoms. The predicted octanol–water partition coefficient (Wildman–Crippen LogP) is 7.28. The molecule has 0 saturated carbocycles. The van der Waals surface area contributed by atoms with Crippen LogP contribution < -0.4 is 4.90 Å².